The topological polar surface area (TPSA) is 43.8 Å². The van der Waals surface area contributed by atoms with Crippen LogP contribution >= 0.6 is 0 Å². The monoisotopic (exact) mass is 282 g/mol. The molecular weight excluding hydrogens is 252 g/mol. The van der Waals surface area contributed by atoms with Gasteiger partial charge in [0.2, 0.25) is 5.91 Å². The average Bonchev–Trinajstić information content (AvgIpc) is 2.66. The van der Waals surface area contributed by atoms with Crippen LogP contribution in [0.5, 0.6) is 0 Å². The third-order valence-corrected chi connectivity index (χ3v) is 4.50. The zero-order valence-electron chi connectivity index (χ0n) is 13.1. The minimum Gasteiger partial charge on any atom is -0.389 e. The van der Waals surface area contributed by atoms with Gasteiger partial charge in [-0.1, -0.05) is 25.7 Å². The third kappa shape index (κ3) is 4.74. The summed E-state index contributed by atoms with van der Waals surface area (Å²) in [6, 6.07) is 0. The fraction of sp³-hybridized carbons (Fsp3) is 0.938. The second kappa shape index (κ2) is 6.90. The van der Waals surface area contributed by atoms with E-state index in [1.807, 2.05) is 13.8 Å². The Kier molecular flexibility index (Phi) is 5.44. The van der Waals surface area contributed by atoms with Crippen LogP contribution in [0.1, 0.15) is 52.4 Å². The summed E-state index contributed by atoms with van der Waals surface area (Å²) in [4.78, 5) is 16.9. The Morgan fingerprint density at radius 2 is 1.60 bits per heavy atom. The zero-order valence-corrected chi connectivity index (χ0v) is 13.1. The van der Waals surface area contributed by atoms with E-state index in [2.05, 4.69) is 9.80 Å². The molecule has 2 rings (SSSR count). The molecule has 0 bridgehead atoms. The fourth-order valence-electron chi connectivity index (χ4n) is 3.46. The van der Waals surface area contributed by atoms with E-state index in [0.717, 1.165) is 39.0 Å². The molecule has 0 radical (unpaired) electrons. The Hall–Kier alpha value is -0.610. The largest absolute Gasteiger partial charge is 0.389 e. The molecule has 0 aromatic rings. The molecule has 0 aromatic heterocycles. The molecule has 1 aliphatic carbocycles. The maximum absolute atomic E-state index is 12.6. The Labute approximate surface area is 123 Å². The molecule has 1 N–H and O–H groups in total. The second-order valence-corrected chi connectivity index (χ2v) is 7.10. The van der Waals surface area contributed by atoms with Gasteiger partial charge in [-0.3, -0.25) is 9.69 Å². The van der Waals surface area contributed by atoms with Crippen molar-refractivity contribution in [2.24, 2.45) is 5.92 Å². The standard InChI is InChI=1S/C16H30N2O2/c1-16(2,20)13-17-9-11-18(12-10-17)15(19)14-7-5-3-4-6-8-14/h14,20H,3-13H2,1-2H3. The van der Waals surface area contributed by atoms with Gasteiger partial charge in [-0.2, -0.15) is 0 Å². The van der Waals surface area contributed by atoms with Gasteiger partial charge in [0.05, 0.1) is 5.60 Å². The highest BCUT2D eigenvalue weighted by atomic mass is 16.3. The third-order valence-electron chi connectivity index (χ3n) is 4.50. The quantitative estimate of drug-likeness (QED) is 0.804. The molecular formula is C16H30N2O2. The summed E-state index contributed by atoms with van der Waals surface area (Å²) in [6.45, 7) is 7.81. The van der Waals surface area contributed by atoms with Crippen molar-refractivity contribution in [1.29, 1.82) is 0 Å². The molecule has 1 saturated carbocycles. The van der Waals surface area contributed by atoms with E-state index >= 15 is 0 Å². The van der Waals surface area contributed by atoms with Gasteiger partial charge in [0.1, 0.15) is 0 Å². The normalized spacial score (nSPS) is 23.6. The lowest BCUT2D eigenvalue weighted by Gasteiger charge is -2.38. The average molecular weight is 282 g/mol. The molecule has 0 aromatic carbocycles. The molecule has 1 aliphatic heterocycles. The first-order chi connectivity index (χ1) is 9.46. The highest BCUT2D eigenvalue weighted by Crippen LogP contribution is 2.25. The first kappa shape index (κ1) is 15.8. The summed E-state index contributed by atoms with van der Waals surface area (Å²) in [7, 11) is 0. The highest BCUT2D eigenvalue weighted by molar-refractivity contribution is 5.79. The van der Waals surface area contributed by atoms with Crippen molar-refractivity contribution in [2.45, 2.75) is 58.0 Å². The van der Waals surface area contributed by atoms with Gasteiger partial charge >= 0.3 is 0 Å². The van der Waals surface area contributed by atoms with Crippen molar-refractivity contribution in [3.63, 3.8) is 0 Å². The summed E-state index contributed by atoms with van der Waals surface area (Å²) in [6.07, 6.45) is 7.20. The van der Waals surface area contributed by atoms with E-state index in [0.29, 0.717) is 12.5 Å². The van der Waals surface area contributed by atoms with Gasteiger partial charge in [0.15, 0.2) is 0 Å². The van der Waals surface area contributed by atoms with Crippen molar-refractivity contribution < 1.29 is 9.90 Å². The van der Waals surface area contributed by atoms with E-state index in [4.69, 9.17) is 0 Å². The molecule has 116 valence electrons. The molecule has 4 heteroatoms. The van der Waals surface area contributed by atoms with Crippen LogP contribution in [0, 0.1) is 5.92 Å². The Morgan fingerprint density at radius 3 is 2.10 bits per heavy atom. The number of carbonyl (C=O) groups is 1. The van der Waals surface area contributed by atoms with Crippen LogP contribution < -0.4 is 0 Å². The van der Waals surface area contributed by atoms with Crippen molar-refractivity contribution in [2.75, 3.05) is 32.7 Å². The number of β-amino-alcohol motifs (C(OH)–C–C–N with tert-alkyl or cyclic N) is 1. The minimum atomic E-state index is -0.645. The second-order valence-electron chi connectivity index (χ2n) is 7.10. The summed E-state index contributed by atoms with van der Waals surface area (Å²) in [5, 5.41) is 9.86. The molecule has 2 aliphatic rings. The van der Waals surface area contributed by atoms with E-state index in [1.54, 1.807) is 0 Å². The minimum absolute atomic E-state index is 0.276. The number of rotatable bonds is 3. The van der Waals surface area contributed by atoms with Crippen LogP contribution in [0.4, 0.5) is 0 Å². The summed E-state index contributed by atoms with van der Waals surface area (Å²) in [5.74, 6) is 0.660. The van der Waals surface area contributed by atoms with Crippen molar-refractivity contribution >= 4 is 5.91 Å². The van der Waals surface area contributed by atoms with Gasteiger partial charge in [-0.05, 0) is 26.7 Å². The summed E-state index contributed by atoms with van der Waals surface area (Å²) < 4.78 is 0. The molecule has 0 unspecified atom stereocenters. The molecule has 4 nitrogen and oxygen atoms in total. The molecule has 2 fully saturated rings. The van der Waals surface area contributed by atoms with Crippen molar-refractivity contribution in [1.82, 2.24) is 9.80 Å². The van der Waals surface area contributed by atoms with Crippen LogP contribution in [0.25, 0.3) is 0 Å². The van der Waals surface area contributed by atoms with Crippen LogP contribution in [0.3, 0.4) is 0 Å². The zero-order chi connectivity index (χ0) is 14.6. The fourth-order valence-corrected chi connectivity index (χ4v) is 3.46. The number of hydrogen-bond donors (Lipinski definition) is 1. The maximum Gasteiger partial charge on any atom is 0.225 e. The molecule has 0 spiro atoms. The predicted octanol–water partition coefficient (Wildman–Crippen LogP) is 1.87. The lowest BCUT2D eigenvalue weighted by atomic mass is 9.98. The van der Waals surface area contributed by atoms with Crippen molar-refractivity contribution in [3.8, 4) is 0 Å². The van der Waals surface area contributed by atoms with E-state index in [9.17, 15) is 9.90 Å². The van der Waals surface area contributed by atoms with E-state index in [1.165, 1.54) is 25.7 Å². The van der Waals surface area contributed by atoms with Crippen LogP contribution in [0.15, 0.2) is 0 Å². The number of amides is 1. The lowest BCUT2D eigenvalue weighted by Crippen LogP contribution is -2.53. The number of piperazine rings is 1. The number of carbonyl (C=O) groups excluding carboxylic acids is 1. The van der Waals surface area contributed by atoms with Crippen molar-refractivity contribution in [3.05, 3.63) is 0 Å². The number of nitrogens with zero attached hydrogens (tertiary/aromatic N) is 2. The molecule has 0 atom stereocenters. The van der Waals surface area contributed by atoms with E-state index < -0.39 is 5.60 Å². The molecule has 1 heterocycles. The van der Waals surface area contributed by atoms with Gasteiger partial charge in [0.25, 0.3) is 0 Å². The van der Waals surface area contributed by atoms with Crippen LogP contribution in [-0.2, 0) is 4.79 Å². The SMILES string of the molecule is CC(C)(O)CN1CCN(C(=O)C2CCCCCC2)CC1. The predicted molar refractivity (Wildman–Crippen MR) is 80.5 cm³/mol. The van der Waals surface area contributed by atoms with Gasteiger partial charge < -0.3 is 10.0 Å². The first-order valence-electron chi connectivity index (χ1n) is 8.19. The molecule has 1 saturated heterocycles. The van der Waals surface area contributed by atoms with Crippen LogP contribution in [0.2, 0.25) is 0 Å². The smallest absolute Gasteiger partial charge is 0.225 e. The summed E-state index contributed by atoms with van der Waals surface area (Å²) in [5.41, 5.74) is -0.645. The Balaban J connectivity index is 1.79. The summed E-state index contributed by atoms with van der Waals surface area (Å²) >= 11 is 0. The lowest BCUT2D eigenvalue weighted by molar-refractivity contribution is -0.138. The first-order valence-corrected chi connectivity index (χ1v) is 8.19. The van der Waals surface area contributed by atoms with Crippen LogP contribution in [-0.4, -0.2) is 59.1 Å². The molecule has 1 amide bonds. The van der Waals surface area contributed by atoms with Gasteiger partial charge in [-0.25, -0.2) is 0 Å². The number of hydrogen-bond acceptors (Lipinski definition) is 3. The van der Waals surface area contributed by atoms with Gasteiger partial charge in [0, 0.05) is 38.6 Å². The Morgan fingerprint density at radius 1 is 1.05 bits per heavy atom. The Bertz CT molecular complexity index is 309. The highest BCUT2D eigenvalue weighted by Gasteiger charge is 2.29. The van der Waals surface area contributed by atoms with Gasteiger partial charge in [-0.15, -0.1) is 0 Å². The maximum atomic E-state index is 12.6. The van der Waals surface area contributed by atoms with E-state index in [-0.39, 0.29) is 5.92 Å². The number of aliphatic hydroxyl groups is 1. The molecule has 20 heavy (non-hydrogen) atoms.